The van der Waals surface area contributed by atoms with Crippen LogP contribution in [0.3, 0.4) is 0 Å². The minimum atomic E-state index is -0.936. The van der Waals surface area contributed by atoms with E-state index < -0.39 is 10.8 Å². The van der Waals surface area contributed by atoms with Crippen LogP contribution in [0, 0.1) is 10.8 Å². The predicted octanol–water partition coefficient (Wildman–Crippen LogP) is 6.52. The van der Waals surface area contributed by atoms with Gasteiger partial charge in [0.15, 0.2) is 0 Å². The molecule has 2 aliphatic rings. The molecule has 1 saturated heterocycles. The minimum absolute atomic E-state index is 0.00141. The Morgan fingerprint density at radius 2 is 1.18 bits per heavy atom. The number of rotatable bonds is 2. The highest BCUT2D eigenvalue weighted by atomic mass is 32.2. The first kappa shape index (κ1) is 20.0. The fourth-order valence-corrected chi connectivity index (χ4v) is 10.5. The van der Waals surface area contributed by atoms with Crippen LogP contribution in [0.2, 0.25) is 0 Å². The average Bonchev–Trinajstić information content (AvgIpc) is 3.11. The third-order valence-electron chi connectivity index (χ3n) is 5.91. The lowest BCUT2D eigenvalue weighted by atomic mass is 9.70. The summed E-state index contributed by atoms with van der Waals surface area (Å²) in [5, 5.41) is 0.00141. The molecule has 1 nitrogen and oxygen atoms in total. The molecule has 0 aliphatic carbocycles. The molecule has 0 radical (unpaired) electrons. The largest absolute Gasteiger partial charge is 0.257 e. The zero-order valence-corrected chi connectivity index (χ0v) is 19.3. The van der Waals surface area contributed by atoms with E-state index in [4.69, 9.17) is 0 Å². The van der Waals surface area contributed by atoms with Gasteiger partial charge in [0.25, 0.3) is 0 Å². The van der Waals surface area contributed by atoms with Gasteiger partial charge in [-0.05, 0) is 33.1 Å². The maximum Gasteiger partial charge on any atom is 0.104 e. The molecule has 4 rings (SSSR count). The quantitative estimate of drug-likeness (QED) is 0.524. The fraction of sp³-hybridized carbons (Fsp3) is 0.440. The van der Waals surface area contributed by atoms with E-state index >= 15 is 0 Å². The molecule has 0 spiro atoms. The van der Waals surface area contributed by atoms with Crippen molar-refractivity contribution < 1.29 is 4.21 Å². The highest BCUT2D eigenvalue weighted by Gasteiger charge is 2.64. The second-order valence-corrected chi connectivity index (χ2v) is 13.2. The van der Waals surface area contributed by atoms with Crippen LogP contribution in [-0.4, -0.2) is 14.0 Å². The van der Waals surface area contributed by atoms with Crippen molar-refractivity contribution in [1.29, 1.82) is 0 Å². The molecule has 1 fully saturated rings. The predicted molar refractivity (Wildman–Crippen MR) is 123 cm³/mol. The number of thioether (sulfide) groups is 1. The molecule has 2 bridgehead atoms. The Labute approximate surface area is 176 Å². The van der Waals surface area contributed by atoms with Crippen molar-refractivity contribution in [2.24, 2.45) is 10.8 Å². The Balaban J connectivity index is 2.05. The molecule has 3 atom stereocenters. The molecule has 2 aliphatic heterocycles. The molecule has 3 heteroatoms. The van der Waals surface area contributed by atoms with E-state index in [0.717, 1.165) is 0 Å². The Kier molecular flexibility index (Phi) is 4.71. The lowest BCUT2D eigenvalue weighted by molar-refractivity contribution is 0.425. The number of hydrogen-bond acceptors (Lipinski definition) is 2. The summed E-state index contributed by atoms with van der Waals surface area (Å²) in [4.78, 5) is 0. The first-order chi connectivity index (χ1) is 13.1. The molecule has 2 heterocycles. The van der Waals surface area contributed by atoms with Crippen LogP contribution in [0.5, 0.6) is 0 Å². The van der Waals surface area contributed by atoms with E-state index in [1.807, 2.05) is 11.8 Å². The summed E-state index contributed by atoms with van der Waals surface area (Å²) in [5.41, 5.74) is 5.35. The molecule has 0 saturated carbocycles. The lowest BCUT2D eigenvalue weighted by Crippen LogP contribution is -2.41. The molecule has 0 N–H and O–H groups in total. The van der Waals surface area contributed by atoms with Gasteiger partial charge in [0.05, 0.1) is 10.00 Å². The van der Waals surface area contributed by atoms with Gasteiger partial charge in [0.1, 0.15) is 4.58 Å². The second kappa shape index (κ2) is 6.60. The zero-order chi connectivity index (χ0) is 20.3. The molecule has 0 aromatic heterocycles. The van der Waals surface area contributed by atoms with E-state index in [1.165, 1.54) is 22.3 Å². The van der Waals surface area contributed by atoms with Gasteiger partial charge in [-0.3, -0.25) is 4.21 Å². The number of fused-ring (bicyclic) bond motifs is 2. The molecule has 148 valence electrons. The van der Waals surface area contributed by atoms with Crippen LogP contribution in [0.15, 0.2) is 71.8 Å². The maximum atomic E-state index is 13.9. The Morgan fingerprint density at radius 1 is 0.750 bits per heavy atom. The summed E-state index contributed by atoms with van der Waals surface area (Å²) in [6.07, 6.45) is 0. The normalized spacial score (nSPS) is 26.7. The van der Waals surface area contributed by atoms with Crippen molar-refractivity contribution in [2.45, 2.75) is 56.1 Å². The molecular formula is C25H30OS2. The minimum Gasteiger partial charge on any atom is -0.257 e. The average molecular weight is 411 g/mol. The van der Waals surface area contributed by atoms with E-state index in [0.29, 0.717) is 0 Å². The van der Waals surface area contributed by atoms with Gasteiger partial charge in [-0.15, -0.1) is 11.8 Å². The van der Waals surface area contributed by atoms with Crippen LogP contribution in [0.4, 0.5) is 0 Å². The summed E-state index contributed by atoms with van der Waals surface area (Å²) in [7, 11) is -0.936. The van der Waals surface area contributed by atoms with Gasteiger partial charge in [0.2, 0.25) is 0 Å². The standard InChI is InChI=1S/C25H30OS2/c1-23(2,3)19-20(24(4,5)6)22-27-25(21(19)28(22)26,17-13-9-7-10-14-17)18-15-11-8-12-16-18/h7-16,21-22H,1-6H3/t21-,22+,28?/m0/s1. The summed E-state index contributed by atoms with van der Waals surface area (Å²) in [6, 6.07) is 21.5. The Hall–Kier alpha value is -1.32. The smallest absolute Gasteiger partial charge is 0.104 e. The highest BCUT2D eigenvalue weighted by Crippen LogP contribution is 2.68. The van der Waals surface area contributed by atoms with Gasteiger partial charge in [-0.25, -0.2) is 0 Å². The molecule has 2 aromatic carbocycles. The van der Waals surface area contributed by atoms with Gasteiger partial charge < -0.3 is 0 Å². The lowest BCUT2D eigenvalue weighted by Gasteiger charge is -2.44. The monoisotopic (exact) mass is 410 g/mol. The first-order valence-corrected chi connectivity index (χ1v) is 12.2. The van der Waals surface area contributed by atoms with Gasteiger partial charge >= 0.3 is 0 Å². The maximum absolute atomic E-state index is 13.9. The second-order valence-electron chi connectivity index (χ2n) is 9.95. The third-order valence-corrected chi connectivity index (χ3v) is 10.2. The van der Waals surface area contributed by atoms with Crippen LogP contribution in [0.1, 0.15) is 52.7 Å². The van der Waals surface area contributed by atoms with Crippen LogP contribution in [0.25, 0.3) is 0 Å². The van der Waals surface area contributed by atoms with Gasteiger partial charge in [0, 0.05) is 10.8 Å². The Morgan fingerprint density at radius 3 is 1.57 bits per heavy atom. The van der Waals surface area contributed by atoms with Crippen molar-refractivity contribution in [3.63, 3.8) is 0 Å². The topological polar surface area (TPSA) is 17.1 Å². The summed E-state index contributed by atoms with van der Waals surface area (Å²) in [5.74, 6) is 0. The summed E-state index contributed by atoms with van der Waals surface area (Å²) < 4.78 is 13.7. The SMILES string of the molecule is CC(C)(C)C1=C(C(C)(C)C)[C@@H]2SC(c3ccccc3)(c3ccccc3)[C@H]1S2=O. The molecule has 28 heavy (non-hydrogen) atoms. The van der Waals surface area contributed by atoms with Crippen LogP contribution in [-0.2, 0) is 15.5 Å². The molecule has 1 unspecified atom stereocenters. The molecule has 2 aromatic rings. The van der Waals surface area contributed by atoms with Gasteiger partial charge in [-0.2, -0.15) is 0 Å². The summed E-state index contributed by atoms with van der Waals surface area (Å²) in [6.45, 7) is 13.7. The third kappa shape index (κ3) is 2.85. The summed E-state index contributed by atoms with van der Waals surface area (Å²) >= 11 is 1.92. The van der Waals surface area contributed by atoms with Gasteiger partial charge in [-0.1, -0.05) is 102 Å². The van der Waals surface area contributed by atoms with Crippen molar-refractivity contribution in [2.75, 3.05) is 0 Å². The zero-order valence-electron chi connectivity index (χ0n) is 17.7. The van der Waals surface area contributed by atoms with Crippen molar-refractivity contribution in [3.8, 4) is 0 Å². The van der Waals surface area contributed by atoms with E-state index in [-0.39, 0.29) is 25.4 Å². The molecule has 0 amide bonds. The van der Waals surface area contributed by atoms with Crippen molar-refractivity contribution in [3.05, 3.63) is 82.9 Å². The van der Waals surface area contributed by atoms with E-state index in [2.05, 4.69) is 102 Å². The number of hydrogen-bond donors (Lipinski definition) is 0. The highest BCUT2D eigenvalue weighted by molar-refractivity contribution is 8.16. The fourth-order valence-electron chi connectivity index (χ4n) is 4.86. The van der Waals surface area contributed by atoms with Crippen LogP contribution >= 0.6 is 11.8 Å². The van der Waals surface area contributed by atoms with E-state index in [9.17, 15) is 4.21 Å². The number of benzene rings is 2. The first-order valence-electron chi connectivity index (χ1n) is 10.0. The van der Waals surface area contributed by atoms with Crippen molar-refractivity contribution in [1.82, 2.24) is 0 Å². The van der Waals surface area contributed by atoms with Crippen molar-refractivity contribution >= 4 is 22.6 Å². The van der Waals surface area contributed by atoms with Crippen LogP contribution < -0.4 is 0 Å². The Bertz CT molecular complexity index is 891. The van der Waals surface area contributed by atoms with E-state index in [1.54, 1.807) is 0 Å². The molecular weight excluding hydrogens is 380 g/mol.